The molecule has 2 aromatic rings. The number of benzene rings is 2. The fourth-order valence-corrected chi connectivity index (χ4v) is 2.91. The maximum Gasteiger partial charge on any atom is 0.343 e. The summed E-state index contributed by atoms with van der Waals surface area (Å²) in [5.41, 5.74) is 3.60. The summed E-state index contributed by atoms with van der Waals surface area (Å²) in [5.74, 6) is 0.413. The third-order valence-corrected chi connectivity index (χ3v) is 4.27. The standard InChI is InChI=1S/C20H21NO3/c1-14-5-10-18(15(2)12-14)24-20(23)17-8-6-16(7-9-17)13-21-11-3-4-19(21)22/h5-10,12H,3-4,11,13H2,1-2H3. The van der Waals surface area contributed by atoms with E-state index in [-0.39, 0.29) is 11.9 Å². The Morgan fingerprint density at radius 3 is 2.50 bits per heavy atom. The van der Waals surface area contributed by atoms with Gasteiger partial charge >= 0.3 is 5.97 Å². The molecule has 1 aliphatic rings. The van der Waals surface area contributed by atoms with Crippen molar-refractivity contribution in [3.63, 3.8) is 0 Å². The van der Waals surface area contributed by atoms with Gasteiger partial charge in [-0.1, -0.05) is 29.8 Å². The normalized spacial score (nSPS) is 14.1. The Morgan fingerprint density at radius 2 is 1.88 bits per heavy atom. The number of ether oxygens (including phenoxy) is 1. The number of aryl methyl sites for hydroxylation is 2. The first-order chi connectivity index (χ1) is 11.5. The molecular formula is C20H21NO3. The van der Waals surface area contributed by atoms with Crippen molar-refractivity contribution in [3.8, 4) is 5.75 Å². The number of rotatable bonds is 4. The molecule has 0 atom stereocenters. The molecule has 0 bridgehead atoms. The largest absolute Gasteiger partial charge is 0.423 e. The van der Waals surface area contributed by atoms with Crippen molar-refractivity contribution < 1.29 is 14.3 Å². The van der Waals surface area contributed by atoms with Crippen LogP contribution >= 0.6 is 0 Å². The van der Waals surface area contributed by atoms with E-state index in [4.69, 9.17) is 4.74 Å². The summed E-state index contributed by atoms with van der Waals surface area (Å²) in [6, 6.07) is 13.0. The molecule has 0 unspecified atom stereocenters. The predicted molar refractivity (Wildman–Crippen MR) is 92.0 cm³/mol. The van der Waals surface area contributed by atoms with Crippen LogP contribution in [0, 0.1) is 13.8 Å². The molecule has 4 heteroatoms. The quantitative estimate of drug-likeness (QED) is 0.637. The summed E-state index contributed by atoms with van der Waals surface area (Å²) >= 11 is 0. The van der Waals surface area contributed by atoms with Gasteiger partial charge in [-0.25, -0.2) is 4.79 Å². The number of hydrogen-bond donors (Lipinski definition) is 0. The summed E-state index contributed by atoms with van der Waals surface area (Å²) in [6.45, 7) is 5.34. The first-order valence-corrected chi connectivity index (χ1v) is 8.19. The van der Waals surface area contributed by atoms with Gasteiger partial charge in [0.15, 0.2) is 0 Å². The molecule has 0 aromatic heterocycles. The lowest BCUT2D eigenvalue weighted by molar-refractivity contribution is -0.128. The van der Waals surface area contributed by atoms with Crippen molar-refractivity contribution in [1.82, 2.24) is 4.90 Å². The van der Waals surface area contributed by atoms with E-state index in [2.05, 4.69) is 0 Å². The van der Waals surface area contributed by atoms with Crippen LogP contribution in [0.2, 0.25) is 0 Å². The van der Waals surface area contributed by atoms with E-state index in [0.717, 1.165) is 29.7 Å². The lowest BCUT2D eigenvalue weighted by Gasteiger charge is -2.15. The number of amides is 1. The Labute approximate surface area is 142 Å². The molecular weight excluding hydrogens is 302 g/mol. The van der Waals surface area contributed by atoms with E-state index in [1.54, 1.807) is 12.1 Å². The molecule has 1 saturated heterocycles. The van der Waals surface area contributed by atoms with Crippen LogP contribution in [-0.2, 0) is 11.3 Å². The van der Waals surface area contributed by atoms with Gasteiger partial charge < -0.3 is 9.64 Å². The predicted octanol–water partition coefficient (Wildman–Crippen LogP) is 3.65. The molecule has 4 nitrogen and oxygen atoms in total. The van der Waals surface area contributed by atoms with Crippen LogP contribution in [0.4, 0.5) is 0 Å². The van der Waals surface area contributed by atoms with E-state index in [0.29, 0.717) is 24.3 Å². The van der Waals surface area contributed by atoms with Gasteiger partial charge in [-0.15, -0.1) is 0 Å². The van der Waals surface area contributed by atoms with E-state index in [9.17, 15) is 9.59 Å². The number of carbonyl (C=O) groups excluding carboxylic acids is 2. The Hall–Kier alpha value is -2.62. The lowest BCUT2D eigenvalue weighted by Crippen LogP contribution is -2.23. The Balaban J connectivity index is 1.66. The number of nitrogens with zero attached hydrogens (tertiary/aromatic N) is 1. The van der Waals surface area contributed by atoms with Crippen molar-refractivity contribution in [1.29, 1.82) is 0 Å². The maximum atomic E-state index is 12.3. The lowest BCUT2D eigenvalue weighted by atomic mass is 10.1. The zero-order chi connectivity index (χ0) is 17.1. The summed E-state index contributed by atoms with van der Waals surface area (Å²) in [5, 5.41) is 0. The topological polar surface area (TPSA) is 46.6 Å². The molecule has 0 aliphatic carbocycles. The molecule has 0 saturated carbocycles. The average Bonchev–Trinajstić information content (AvgIpc) is 2.96. The van der Waals surface area contributed by atoms with Crippen molar-refractivity contribution in [2.75, 3.05) is 6.54 Å². The first-order valence-electron chi connectivity index (χ1n) is 8.19. The van der Waals surface area contributed by atoms with Crippen LogP contribution in [0.3, 0.4) is 0 Å². The van der Waals surface area contributed by atoms with Crippen molar-refractivity contribution in [3.05, 3.63) is 64.7 Å². The number of hydrogen-bond acceptors (Lipinski definition) is 3. The van der Waals surface area contributed by atoms with E-state index in [1.807, 2.05) is 49.1 Å². The van der Waals surface area contributed by atoms with Gasteiger partial charge in [0.25, 0.3) is 0 Å². The summed E-state index contributed by atoms with van der Waals surface area (Å²) in [6.07, 6.45) is 1.57. The minimum Gasteiger partial charge on any atom is -0.423 e. The van der Waals surface area contributed by atoms with Gasteiger partial charge in [-0.2, -0.15) is 0 Å². The van der Waals surface area contributed by atoms with Gasteiger partial charge in [0.2, 0.25) is 5.91 Å². The fraction of sp³-hybridized carbons (Fsp3) is 0.300. The van der Waals surface area contributed by atoms with Crippen molar-refractivity contribution >= 4 is 11.9 Å². The molecule has 1 amide bonds. The third-order valence-electron chi connectivity index (χ3n) is 4.27. The molecule has 124 valence electrons. The van der Waals surface area contributed by atoms with E-state index < -0.39 is 0 Å². The highest BCUT2D eigenvalue weighted by Crippen LogP contribution is 2.20. The van der Waals surface area contributed by atoms with Crippen LogP contribution in [-0.4, -0.2) is 23.3 Å². The van der Waals surface area contributed by atoms with E-state index in [1.165, 1.54) is 0 Å². The highest BCUT2D eigenvalue weighted by atomic mass is 16.5. The molecule has 24 heavy (non-hydrogen) atoms. The Morgan fingerprint density at radius 1 is 1.12 bits per heavy atom. The molecule has 3 rings (SSSR count). The molecule has 1 fully saturated rings. The van der Waals surface area contributed by atoms with Gasteiger partial charge in [0.1, 0.15) is 5.75 Å². The van der Waals surface area contributed by atoms with E-state index >= 15 is 0 Å². The maximum absolute atomic E-state index is 12.3. The van der Waals surface area contributed by atoms with Crippen molar-refractivity contribution in [2.45, 2.75) is 33.2 Å². The zero-order valence-corrected chi connectivity index (χ0v) is 14.0. The molecule has 0 radical (unpaired) electrons. The minimum atomic E-state index is -0.370. The summed E-state index contributed by atoms with van der Waals surface area (Å²) in [4.78, 5) is 25.8. The van der Waals surface area contributed by atoms with Crippen LogP contribution in [0.5, 0.6) is 5.75 Å². The van der Waals surface area contributed by atoms with Crippen LogP contribution in [0.1, 0.15) is 39.9 Å². The Bertz CT molecular complexity index is 765. The second kappa shape index (κ2) is 6.87. The summed E-state index contributed by atoms with van der Waals surface area (Å²) in [7, 11) is 0. The smallest absolute Gasteiger partial charge is 0.343 e. The fourth-order valence-electron chi connectivity index (χ4n) is 2.91. The highest BCUT2D eigenvalue weighted by molar-refractivity contribution is 5.91. The highest BCUT2D eigenvalue weighted by Gasteiger charge is 2.20. The Kier molecular flexibility index (Phi) is 4.65. The number of likely N-dealkylation sites (tertiary alicyclic amines) is 1. The second-order valence-electron chi connectivity index (χ2n) is 6.27. The van der Waals surface area contributed by atoms with Gasteiger partial charge in [-0.05, 0) is 49.6 Å². The number of esters is 1. The van der Waals surface area contributed by atoms with Crippen molar-refractivity contribution in [2.24, 2.45) is 0 Å². The van der Waals surface area contributed by atoms with Gasteiger partial charge in [0.05, 0.1) is 5.56 Å². The average molecular weight is 323 g/mol. The van der Waals surface area contributed by atoms with Gasteiger partial charge in [0, 0.05) is 19.5 Å². The second-order valence-corrected chi connectivity index (χ2v) is 6.27. The van der Waals surface area contributed by atoms with Crippen LogP contribution in [0.15, 0.2) is 42.5 Å². The third kappa shape index (κ3) is 3.65. The summed E-state index contributed by atoms with van der Waals surface area (Å²) < 4.78 is 5.47. The molecule has 0 N–H and O–H groups in total. The number of carbonyl (C=O) groups is 2. The SMILES string of the molecule is Cc1ccc(OC(=O)c2ccc(CN3CCCC3=O)cc2)c(C)c1. The first kappa shape index (κ1) is 16.2. The molecule has 1 aliphatic heterocycles. The van der Waals surface area contributed by atoms with Crippen LogP contribution < -0.4 is 4.74 Å². The zero-order valence-electron chi connectivity index (χ0n) is 14.0. The molecule has 2 aromatic carbocycles. The minimum absolute atomic E-state index is 0.202. The monoisotopic (exact) mass is 323 g/mol. The van der Waals surface area contributed by atoms with Crippen LogP contribution in [0.25, 0.3) is 0 Å². The molecule has 1 heterocycles. The molecule has 0 spiro atoms. The van der Waals surface area contributed by atoms with Gasteiger partial charge in [-0.3, -0.25) is 4.79 Å².